The van der Waals surface area contributed by atoms with Crippen LogP contribution < -0.4 is 5.32 Å². The van der Waals surface area contributed by atoms with E-state index in [0.717, 1.165) is 15.9 Å². The number of benzene rings is 1. The lowest BCUT2D eigenvalue weighted by atomic mass is 10.2. The van der Waals surface area contributed by atoms with Crippen molar-refractivity contribution in [2.45, 2.75) is 6.92 Å². The number of carbonyl (C=O) groups is 1. The third-order valence-electron chi connectivity index (χ3n) is 2.40. The Morgan fingerprint density at radius 1 is 1.56 bits per heavy atom. The SMILES string of the molecule is C=C(CNc1ccc2ncsc2c1)C(=O)OCC. The van der Waals surface area contributed by atoms with Gasteiger partial charge < -0.3 is 10.1 Å². The van der Waals surface area contributed by atoms with E-state index in [9.17, 15) is 4.79 Å². The summed E-state index contributed by atoms with van der Waals surface area (Å²) in [6.07, 6.45) is 0. The summed E-state index contributed by atoms with van der Waals surface area (Å²) < 4.78 is 5.98. The summed E-state index contributed by atoms with van der Waals surface area (Å²) in [6, 6.07) is 5.88. The van der Waals surface area contributed by atoms with Crippen molar-refractivity contribution in [3.05, 3.63) is 35.9 Å². The Labute approximate surface area is 109 Å². The minimum absolute atomic E-state index is 0.358. The predicted octanol–water partition coefficient (Wildman–Crippen LogP) is 2.83. The minimum Gasteiger partial charge on any atom is -0.463 e. The molecule has 0 saturated carbocycles. The van der Waals surface area contributed by atoms with Gasteiger partial charge in [-0.15, -0.1) is 11.3 Å². The average molecular weight is 262 g/mol. The highest BCUT2D eigenvalue weighted by Gasteiger charge is 2.07. The molecule has 94 valence electrons. The zero-order valence-corrected chi connectivity index (χ0v) is 10.9. The van der Waals surface area contributed by atoms with Gasteiger partial charge in [0.05, 0.1) is 22.3 Å². The second-order valence-corrected chi connectivity index (χ2v) is 4.60. The maximum absolute atomic E-state index is 11.4. The number of nitrogens with one attached hydrogen (secondary N) is 1. The number of thiazole rings is 1. The lowest BCUT2D eigenvalue weighted by Crippen LogP contribution is -2.14. The predicted molar refractivity (Wildman–Crippen MR) is 73.9 cm³/mol. The van der Waals surface area contributed by atoms with Gasteiger partial charge in [-0.3, -0.25) is 0 Å². The lowest BCUT2D eigenvalue weighted by Gasteiger charge is -2.08. The van der Waals surface area contributed by atoms with E-state index in [1.165, 1.54) is 0 Å². The van der Waals surface area contributed by atoms with Gasteiger partial charge in [-0.05, 0) is 25.1 Å². The first-order chi connectivity index (χ1) is 8.70. The molecule has 0 amide bonds. The van der Waals surface area contributed by atoms with Crippen molar-refractivity contribution < 1.29 is 9.53 Å². The van der Waals surface area contributed by atoms with E-state index in [0.29, 0.717) is 18.7 Å². The van der Waals surface area contributed by atoms with Crippen LogP contribution in [0.5, 0.6) is 0 Å². The van der Waals surface area contributed by atoms with Crippen LogP contribution in [0.2, 0.25) is 0 Å². The molecule has 4 nitrogen and oxygen atoms in total. The Morgan fingerprint density at radius 2 is 2.39 bits per heavy atom. The molecule has 0 bridgehead atoms. The summed E-state index contributed by atoms with van der Waals surface area (Å²) in [5, 5.41) is 3.14. The van der Waals surface area contributed by atoms with Gasteiger partial charge in [-0.1, -0.05) is 6.58 Å². The Hall–Kier alpha value is -1.88. The third kappa shape index (κ3) is 2.87. The second-order valence-electron chi connectivity index (χ2n) is 3.71. The van der Waals surface area contributed by atoms with Gasteiger partial charge in [0.1, 0.15) is 0 Å². The zero-order chi connectivity index (χ0) is 13.0. The quantitative estimate of drug-likeness (QED) is 0.665. The van der Waals surface area contributed by atoms with Crippen LogP contribution in [0.15, 0.2) is 35.9 Å². The number of nitrogens with zero attached hydrogens (tertiary/aromatic N) is 1. The number of hydrogen-bond donors (Lipinski definition) is 1. The molecule has 2 rings (SSSR count). The molecule has 0 aliphatic heterocycles. The van der Waals surface area contributed by atoms with E-state index in [-0.39, 0.29) is 5.97 Å². The van der Waals surface area contributed by atoms with Crippen molar-refractivity contribution in [2.75, 3.05) is 18.5 Å². The molecule has 0 fully saturated rings. The van der Waals surface area contributed by atoms with Crippen LogP contribution >= 0.6 is 11.3 Å². The molecule has 1 N–H and O–H groups in total. The number of carbonyl (C=O) groups excluding carboxylic acids is 1. The normalized spacial score (nSPS) is 10.3. The Kier molecular flexibility index (Phi) is 3.94. The monoisotopic (exact) mass is 262 g/mol. The molecule has 1 aromatic heterocycles. The topological polar surface area (TPSA) is 51.2 Å². The molecule has 0 aliphatic rings. The van der Waals surface area contributed by atoms with E-state index in [4.69, 9.17) is 4.74 Å². The third-order valence-corrected chi connectivity index (χ3v) is 3.19. The van der Waals surface area contributed by atoms with Crippen LogP contribution in [0.4, 0.5) is 5.69 Å². The lowest BCUT2D eigenvalue weighted by molar-refractivity contribution is -0.138. The first kappa shape index (κ1) is 12.6. The fourth-order valence-electron chi connectivity index (χ4n) is 1.48. The molecule has 0 saturated heterocycles. The van der Waals surface area contributed by atoms with Crippen LogP contribution in [0, 0.1) is 0 Å². The maximum Gasteiger partial charge on any atom is 0.335 e. The van der Waals surface area contributed by atoms with E-state index >= 15 is 0 Å². The van der Waals surface area contributed by atoms with Crippen LogP contribution in [-0.4, -0.2) is 24.1 Å². The highest BCUT2D eigenvalue weighted by atomic mass is 32.1. The number of rotatable bonds is 5. The van der Waals surface area contributed by atoms with Gasteiger partial charge in [0, 0.05) is 17.8 Å². The maximum atomic E-state index is 11.4. The molecule has 2 aromatic rings. The molecule has 0 unspecified atom stereocenters. The largest absolute Gasteiger partial charge is 0.463 e. The van der Waals surface area contributed by atoms with Crippen LogP contribution in [0.1, 0.15) is 6.92 Å². The van der Waals surface area contributed by atoms with Crippen LogP contribution in [0.3, 0.4) is 0 Å². The Bertz CT molecular complexity index is 577. The molecule has 0 radical (unpaired) electrons. The number of aromatic nitrogens is 1. The Morgan fingerprint density at radius 3 is 3.17 bits per heavy atom. The Balaban J connectivity index is 1.97. The first-order valence-electron chi connectivity index (χ1n) is 5.62. The molecular formula is C13H14N2O2S. The van der Waals surface area contributed by atoms with Gasteiger partial charge in [0.15, 0.2) is 0 Å². The number of hydrogen-bond acceptors (Lipinski definition) is 5. The van der Waals surface area contributed by atoms with Crippen molar-refractivity contribution in [3.63, 3.8) is 0 Å². The van der Waals surface area contributed by atoms with Crippen molar-refractivity contribution in [2.24, 2.45) is 0 Å². The summed E-state index contributed by atoms with van der Waals surface area (Å²) in [4.78, 5) is 15.6. The molecule has 0 aliphatic carbocycles. The number of fused-ring (bicyclic) bond motifs is 1. The molecule has 1 heterocycles. The number of anilines is 1. The van der Waals surface area contributed by atoms with E-state index < -0.39 is 0 Å². The summed E-state index contributed by atoms with van der Waals surface area (Å²) in [7, 11) is 0. The summed E-state index contributed by atoms with van der Waals surface area (Å²) in [6.45, 7) is 6.21. The second kappa shape index (κ2) is 5.64. The number of ether oxygens (including phenoxy) is 1. The van der Waals surface area contributed by atoms with E-state index in [1.807, 2.05) is 23.7 Å². The smallest absolute Gasteiger partial charge is 0.335 e. The minimum atomic E-state index is -0.358. The van der Waals surface area contributed by atoms with E-state index in [1.54, 1.807) is 18.3 Å². The van der Waals surface area contributed by atoms with Crippen molar-refractivity contribution in [3.8, 4) is 0 Å². The summed E-state index contributed by atoms with van der Waals surface area (Å²) >= 11 is 1.58. The molecule has 1 aromatic carbocycles. The average Bonchev–Trinajstić information content (AvgIpc) is 2.83. The fraction of sp³-hybridized carbons (Fsp3) is 0.231. The highest BCUT2D eigenvalue weighted by molar-refractivity contribution is 7.16. The molecular weight excluding hydrogens is 248 g/mol. The van der Waals surface area contributed by atoms with Gasteiger partial charge in [-0.25, -0.2) is 9.78 Å². The molecule has 18 heavy (non-hydrogen) atoms. The molecule has 0 atom stereocenters. The van der Waals surface area contributed by atoms with Crippen LogP contribution in [0.25, 0.3) is 10.2 Å². The standard InChI is InChI=1S/C13H14N2O2S/c1-3-17-13(16)9(2)7-14-10-4-5-11-12(6-10)18-8-15-11/h4-6,8,14H,2-3,7H2,1H3. The summed E-state index contributed by atoms with van der Waals surface area (Å²) in [5.74, 6) is -0.358. The summed E-state index contributed by atoms with van der Waals surface area (Å²) in [5.41, 5.74) is 4.15. The first-order valence-corrected chi connectivity index (χ1v) is 6.50. The number of esters is 1. The van der Waals surface area contributed by atoms with E-state index in [2.05, 4.69) is 16.9 Å². The fourth-order valence-corrected chi connectivity index (χ4v) is 2.20. The van der Waals surface area contributed by atoms with Crippen LogP contribution in [-0.2, 0) is 9.53 Å². The van der Waals surface area contributed by atoms with Gasteiger partial charge in [-0.2, -0.15) is 0 Å². The highest BCUT2D eigenvalue weighted by Crippen LogP contribution is 2.21. The zero-order valence-electron chi connectivity index (χ0n) is 10.1. The van der Waals surface area contributed by atoms with Crippen molar-refractivity contribution in [1.82, 2.24) is 4.98 Å². The van der Waals surface area contributed by atoms with Crippen molar-refractivity contribution in [1.29, 1.82) is 0 Å². The van der Waals surface area contributed by atoms with Gasteiger partial charge in [0.25, 0.3) is 0 Å². The van der Waals surface area contributed by atoms with Gasteiger partial charge >= 0.3 is 5.97 Å². The van der Waals surface area contributed by atoms with Gasteiger partial charge in [0.2, 0.25) is 0 Å². The molecule has 0 spiro atoms. The van der Waals surface area contributed by atoms with Crippen molar-refractivity contribution >= 4 is 33.2 Å². The molecule has 5 heteroatoms.